The van der Waals surface area contributed by atoms with Gasteiger partial charge in [0.15, 0.2) is 0 Å². The minimum atomic E-state index is -1.39. The predicted octanol–water partition coefficient (Wildman–Crippen LogP) is 3.31. The lowest BCUT2D eigenvalue weighted by atomic mass is 9.81. The smallest absolute Gasteiger partial charge is 0.326 e. The zero-order chi connectivity index (χ0) is 42.7. The highest BCUT2D eigenvalue weighted by Crippen LogP contribution is 2.30. The van der Waals surface area contributed by atoms with Crippen LogP contribution in [0.4, 0.5) is 0 Å². The molecule has 0 bridgehead atoms. The highest BCUT2D eigenvalue weighted by molar-refractivity contribution is 6.38. The second kappa shape index (κ2) is 20.1. The fourth-order valence-electron chi connectivity index (χ4n) is 7.79. The minimum Gasteiger partial charge on any atom is -0.480 e. The lowest BCUT2D eigenvalue weighted by Gasteiger charge is -2.42. The Labute approximate surface area is 344 Å². The fraction of sp³-hybridized carbons (Fsp3) is 0.477. The van der Waals surface area contributed by atoms with E-state index >= 15 is 0 Å². The molecule has 1 saturated carbocycles. The van der Waals surface area contributed by atoms with E-state index in [0.29, 0.717) is 24.8 Å². The van der Waals surface area contributed by atoms with Crippen LogP contribution in [0.15, 0.2) is 73.2 Å². The molecule has 5 amide bonds. The molecule has 15 nitrogen and oxygen atoms in total. The van der Waals surface area contributed by atoms with E-state index in [2.05, 4.69) is 31.2 Å². The first kappa shape index (κ1) is 44.1. The number of aliphatic carboxylic acids is 1. The van der Waals surface area contributed by atoms with Crippen LogP contribution >= 0.6 is 0 Å². The average Bonchev–Trinajstić information content (AvgIpc) is 3.23. The van der Waals surface area contributed by atoms with Crippen molar-refractivity contribution in [3.05, 3.63) is 95.6 Å². The number of carbonyl (C=O) groups excluding carboxylic acids is 6. The van der Waals surface area contributed by atoms with Gasteiger partial charge in [0.2, 0.25) is 23.5 Å². The van der Waals surface area contributed by atoms with Crippen molar-refractivity contribution in [1.29, 1.82) is 0 Å². The molecule has 0 unspecified atom stereocenters. The van der Waals surface area contributed by atoms with Gasteiger partial charge in [-0.05, 0) is 47.3 Å². The number of fused-ring (bicyclic) bond motifs is 1. The molecule has 2 aromatic carbocycles. The van der Waals surface area contributed by atoms with Crippen molar-refractivity contribution >= 4 is 41.3 Å². The largest absolute Gasteiger partial charge is 0.480 e. The van der Waals surface area contributed by atoms with E-state index in [4.69, 9.17) is 0 Å². The maximum absolute atomic E-state index is 14.9. The SMILES string of the molecule is CCC[C@@H](NC(=O)[C@@H]1Cc2ccccc2CN1C(=O)[C@@H](NC(=O)[C@H](NC(=O)c1cnccn1)C1CCCCC1)C(C)(C)C)C(=O)C(=O)N[C@H](Cc1ccccc1)C(=O)O. The van der Waals surface area contributed by atoms with Crippen LogP contribution in [-0.4, -0.2) is 91.5 Å². The van der Waals surface area contributed by atoms with Crippen molar-refractivity contribution in [3.63, 3.8) is 0 Å². The molecule has 1 fully saturated rings. The number of ketones is 1. The third-order valence-corrected chi connectivity index (χ3v) is 11.0. The van der Waals surface area contributed by atoms with Gasteiger partial charge in [0.1, 0.15) is 29.9 Å². The molecule has 5 N–H and O–H groups in total. The summed E-state index contributed by atoms with van der Waals surface area (Å²) in [5.41, 5.74) is 1.46. The maximum Gasteiger partial charge on any atom is 0.326 e. The molecule has 314 valence electrons. The molecular weight excluding hydrogens is 755 g/mol. The van der Waals surface area contributed by atoms with Crippen LogP contribution in [0.25, 0.3) is 0 Å². The summed E-state index contributed by atoms with van der Waals surface area (Å²) in [6.07, 6.45) is 8.86. The number of hydrogen-bond donors (Lipinski definition) is 5. The van der Waals surface area contributed by atoms with Gasteiger partial charge in [0.25, 0.3) is 11.8 Å². The van der Waals surface area contributed by atoms with E-state index in [-0.39, 0.29) is 37.4 Å². The van der Waals surface area contributed by atoms with Gasteiger partial charge in [-0.3, -0.25) is 33.8 Å². The zero-order valence-corrected chi connectivity index (χ0v) is 34.1. The average molecular weight is 810 g/mol. The lowest BCUT2D eigenvalue weighted by Crippen LogP contribution is -2.63. The first-order valence-corrected chi connectivity index (χ1v) is 20.3. The summed E-state index contributed by atoms with van der Waals surface area (Å²) in [7, 11) is 0. The number of benzene rings is 2. The van der Waals surface area contributed by atoms with Gasteiger partial charge >= 0.3 is 5.97 Å². The fourth-order valence-corrected chi connectivity index (χ4v) is 7.79. The van der Waals surface area contributed by atoms with Crippen LogP contribution in [0.1, 0.15) is 99.8 Å². The van der Waals surface area contributed by atoms with Gasteiger partial charge in [-0.25, -0.2) is 9.78 Å². The number of hydrogen-bond acceptors (Lipinski definition) is 9. The first-order chi connectivity index (χ1) is 28.2. The Morgan fingerprint density at radius 1 is 0.831 bits per heavy atom. The summed E-state index contributed by atoms with van der Waals surface area (Å²) in [4.78, 5) is 105. The predicted molar refractivity (Wildman–Crippen MR) is 217 cm³/mol. The summed E-state index contributed by atoms with van der Waals surface area (Å²) in [6.45, 7) is 7.20. The number of carboxylic acids is 1. The number of aromatic nitrogens is 2. The van der Waals surface area contributed by atoms with Crippen LogP contribution in [-0.2, 0) is 48.2 Å². The molecule has 0 spiro atoms. The third-order valence-electron chi connectivity index (χ3n) is 11.0. The minimum absolute atomic E-state index is 0.0255. The zero-order valence-electron chi connectivity index (χ0n) is 34.1. The van der Waals surface area contributed by atoms with Crippen LogP contribution in [0.2, 0.25) is 0 Å². The van der Waals surface area contributed by atoms with Crippen molar-refractivity contribution in [3.8, 4) is 0 Å². The normalized spacial score (nSPS) is 17.6. The van der Waals surface area contributed by atoms with Gasteiger partial charge in [-0.1, -0.05) is 108 Å². The van der Waals surface area contributed by atoms with Gasteiger partial charge in [-0.2, -0.15) is 0 Å². The maximum atomic E-state index is 14.9. The van der Waals surface area contributed by atoms with Crippen molar-refractivity contribution in [2.75, 3.05) is 0 Å². The summed E-state index contributed by atoms with van der Waals surface area (Å²) < 4.78 is 0. The van der Waals surface area contributed by atoms with Crippen molar-refractivity contribution in [2.24, 2.45) is 11.3 Å². The van der Waals surface area contributed by atoms with E-state index in [0.717, 1.165) is 30.4 Å². The van der Waals surface area contributed by atoms with Crippen LogP contribution in [0, 0.1) is 11.3 Å². The Hall–Kier alpha value is -5.99. The first-order valence-electron chi connectivity index (χ1n) is 20.3. The van der Waals surface area contributed by atoms with Crippen LogP contribution < -0.4 is 21.3 Å². The third kappa shape index (κ3) is 11.6. The molecule has 2 heterocycles. The second-order valence-corrected chi connectivity index (χ2v) is 16.5. The number of nitrogens with one attached hydrogen (secondary N) is 4. The van der Waals surface area contributed by atoms with E-state index in [1.54, 1.807) is 58.0 Å². The number of carboxylic acid groups (broad SMARTS) is 1. The van der Waals surface area contributed by atoms with Crippen molar-refractivity contribution < 1.29 is 38.7 Å². The molecule has 59 heavy (non-hydrogen) atoms. The van der Waals surface area contributed by atoms with Gasteiger partial charge in [-0.15, -0.1) is 0 Å². The molecule has 1 aliphatic heterocycles. The Bertz CT molecular complexity index is 1980. The second-order valence-electron chi connectivity index (χ2n) is 16.5. The number of amides is 5. The highest BCUT2D eigenvalue weighted by Gasteiger charge is 2.44. The lowest BCUT2D eigenvalue weighted by molar-refractivity contribution is -0.148. The Kier molecular flexibility index (Phi) is 15.0. The van der Waals surface area contributed by atoms with Crippen molar-refractivity contribution in [1.82, 2.24) is 36.1 Å². The number of nitrogens with zero attached hydrogens (tertiary/aromatic N) is 3. The van der Waals surface area contributed by atoms with Gasteiger partial charge in [0, 0.05) is 31.8 Å². The van der Waals surface area contributed by atoms with Gasteiger partial charge in [0.05, 0.1) is 12.2 Å². The Balaban J connectivity index is 1.38. The molecular formula is C44H55N7O8. The summed E-state index contributed by atoms with van der Waals surface area (Å²) >= 11 is 0. The monoisotopic (exact) mass is 809 g/mol. The molecule has 15 heteroatoms. The van der Waals surface area contributed by atoms with E-state index < -0.39 is 76.9 Å². The summed E-state index contributed by atoms with van der Waals surface area (Å²) in [5.74, 6) is -5.98. The number of rotatable bonds is 16. The quantitative estimate of drug-likeness (QED) is 0.133. The van der Waals surface area contributed by atoms with E-state index in [9.17, 15) is 38.7 Å². The molecule has 1 aromatic heterocycles. The molecule has 5 atom stereocenters. The highest BCUT2D eigenvalue weighted by atomic mass is 16.4. The summed E-state index contributed by atoms with van der Waals surface area (Å²) in [5, 5.41) is 20.7. The summed E-state index contributed by atoms with van der Waals surface area (Å²) in [6, 6.07) is 10.1. The topological polar surface area (TPSA) is 217 Å². The molecule has 0 radical (unpaired) electrons. The van der Waals surface area contributed by atoms with E-state index in [1.807, 2.05) is 24.3 Å². The molecule has 1 aliphatic carbocycles. The molecule has 2 aliphatic rings. The number of Topliss-reactive ketones (excluding diaryl/α,β-unsaturated/α-hetero) is 1. The molecule has 0 saturated heterocycles. The Morgan fingerprint density at radius 2 is 1.51 bits per heavy atom. The van der Waals surface area contributed by atoms with Gasteiger partial charge < -0.3 is 31.3 Å². The molecule has 3 aromatic rings. The van der Waals surface area contributed by atoms with Crippen LogP contribution in [0.5, 0.6) is 0 Å². The molecule has 5 rings (SSSR count). The number of carbonyl (C=O) groups is 7. The van der Waals surface area contributed by atoms with Crippen LogP contribution in [0.3, 0.4) is 0 Å². The standard InChI is InChI=1S/C44H55N7O8/c1-5-14-31(36(52)41(56)48-32(43(58)59)23-27-15-8-6-9-16-27)47-39(54)34-24-29-19-12-13-20-30(29)26-51(34)42(57)37(44(2,3)4)50-40(55)35(28-17-10-7-11-18-28)49-38(53)33-25-45-21-22-46-33/h6,8-9,12-13,15-16,19-22,25,28,31-32,34-35,37H,5,7,10-11,14,17-18,23-24,26H2,1-4H3,(H,47,54)(H,48,56)(H,49,53)(H,50,55)(H,58,59)/t31-,32-,34+,35-,37-/m1/s1. The van der Waals surface area contributed by atoms with E-state index in [1.165, 1.54) is 23.5 Å². The Morgan fingerprint density at radius 3 is 2.14 bits per heavy atom. The van der Waals surface area contributed by atoms with Crippen molar-refractivity contribution in [2.45, 2.75) is 122 Å².